The molecule has 1 aliphatic rings. The van der Waals surface area contributed by atoms with Crippen molar-refractivity contribution in [3.05, 3.63) is 48.2 Å². The molecule has 8 nitrogen and oxygen atoms in total. The number of pyridine rings is 1. The molecule has 168 valence electrons. The number of likely N-dealkylation sites (tertiary alicyclic amines) is 1. The average molecular weight is 446 g/mol. The topological polar surface area (TPSA) is 94.6 Å². The Balaban J connectivity index is 1.55. The highest BCUT2D eigenvalue weighted by atomic mass is 32.2. The quantitative estimate of drug-likeness (QED) is 0.648. The van der Waals surface area contributed by atoms with E-state index in [1.807, 2.05) is 26.0 Å². The maximum absolute atomic E-state index is 12.8. The lowest BCUT2D eigenvalue weighted by molar-refractivity contribution is -0.120. The van der Waals surface area contributed by atoms with Gasteiger partial charge in [-0.15, -0.1) is 0 Å². The first-order chi connectivity index (χ1) is 14.7. The van der Waals surface area contributed by atoms with Crippen LogP contribution in [-0.4, -0.2) is 68.3 Å². The van der Waals surface area contributed by atoms with Crippen molar-refractivity contribution in [3.8, 4) is 0 Å². The molecule has 2 unspecified atom stereocenters. The number of aromatic nitrogens is 1. The molecule has 1 fully saturated rings. The number of hydrogen-bond donors (Lipinski definition) is 2. The highest BCUT2D eigenvalue weighted by molar-refractivity contribution is 7.89. The molecule has 0 spiro atoms. The molecule has 3 rings (SSSR count). The largest absolute Gasteiger partial charge is 0.370 e. The molecule has 2 aromatic rings. The number of amides is 1. The van der Waals surface area contributed by atoms with Crippen LogP contribution in [0, 0.1) is 12.8 Å². The maximum Gasteiger partial charge on any atom is 0.242 e. The zero-order valence-corrected chi connectivity index (χ0v) is 19.3. The second-order valence-corrected chi connectivity index (χ2v) is 10.4. The molecule has 1 amide bonds. The van der Waals surface area contributed by atoms with Crippen LogP contribution >= 0.6 is 0 Å². The Hall–Kier alpha value is -2.49. The molecule has 31 heavy (non-hydrogen) atoms. The fourth-order valence-corrected chi connectivity index (χ4v) is 4.57. The van der Waals surface area contributed by atoms with Crippen LogP contribution in [0.15, 0.2) is 47.5 Å². The minimum Gasteiger partial charge on any atom is -0.370 e. The number of hydrogen-bond acceptors (Lipinski definition) is 6. The summed E-state index contributed by atoms with van der Waals surface area (Å²) in [4.78, 5) is 19.4. The van der Waals surface area contributed by atoms with Crippen LogP contribution in [0.1, 0.15) is 18.9 Å². The van der Waals surface area contributed by atoms with Gasteiger partial charge in [-0.1, -0.05) is 6.07 Å². The Morgan fingerprint density at radius 1 is 1.29 bits per heavy atom. The Morgan fingerprint density at radius 3 is 2.77 bits per heavy atom. The van der Waals surface area contributed by atoms with Gasteiger partial charge in [0.15, 0.2) is 0 Å². The number of carbonyl (C=O) groups excluding carboxylic acids is 1. The third-order valence-electron chi connectivity index (χ3n) is 5.61. The Morgan fingerprint density at radius 2 is 2.06 bits per heavy atom. The van der Waals surface area contributed by atoms with Gasteiger partial charge in [0.2, 0.25) is 15.9 Å². The zero-order chi connectivity index (χ0) is 22.6. The third-order valence-corrected chi connectivity index (χ3v) is 7.42. The summed E-state index contributed by atoms with van der Waals surface area (Å²) in [6, 6.07) is 10.0. The number of rotatable bonds is 8. The first kappa shape index (κ1) is 23.2. The zero-order valence-electron chi connectivity index (χ0n) is 18.5. The van der Waals surface area contributed by atoms with Gasteiger partial charge in [-0.2, -0.15) is 0 Å². The van der Waals surface area contributed by atoms with E-state index < -0.39 is 10.0 Å². The van der Waals surface area contributed by atoms with Crippen molar-refractivity contribution in [2.75, 3.05) is 44.4 Å². The molecule has 1 aromatic heterocycles. The van der Waals surface area contributed by atoms with Gasteiger partial charge in [-0.25, -0.2) is 17.7 Å². The number of anilines is 2. The Kier molecular flexibility index (Phi) is 7.30. The van der Waals surface area contributed by atoms with E-state index in [1.165, 1.54) is 31.8 Å². The summed E-state index contributed by atoms with van der Waals surface area (Å²) in [5.41, 5.74) is 1.64. The summed E-state index contributed by atoms with van der Waals surface area (Å²) >= 11 is 0. The SMILES string of the molecule is Cc1ccnc(NCC2CCN(C(C)C(=O)Nc3cccc(S(=O)(=O)N(C)C)c3)C2)c1. The first-order valence-corrected chi connectivity index (χ1v) is 11.8. The van der Waals surface area contributed by atoms with Gasteiger partial charge in [-0.3, -0.25) is 9.69 Å². The molecule has 2 atom stereocenters. The van der Waals surface area contributed by atoms with Crippen LogP contribution in [0.4, 0.5) is 11.5 Å². The fraction of sp³-hybridized carbons (Fsp3) is 0.455. The van der Waals surface area contributed by atoms with Gasteiger partial charge in [0.25, 0.3) is 0 Å². The van der Waals surface area contributed by atoms with Gasteiger partial charge in [0, 0.05) is 39.1 Å². The Bertz CT molecular complexity index is 1030. The summed E-state index contributed by atoms with van der Waals surface area (Å²) in [5.74, 6) is 1.16. The summed E-state index contributed by atoms with van der Waals surface area (Å²) < 4.78 is 25.8. The molecule has 2 heterocycles. The normalized spacial score (nSPS) is 18.2. The molecule has 1 saturated heterocycles. The number of nitrogens with one attached hydrogen (secondary N) is 2. The van der Waals surface area contributed by atoms with Crippen molar-refractivity contribution in [2.45, 2.75) is 31.2 Å². The minimum absolute atomic E-state index is 0.145. The van der Waals surface area contributed by atoms with Gasteiger partial charge in [0.1, 0.15) is 5.82 Å². The molecule has 2 N–H and O–H groups in total. The highest BCUT2D eigenvalue weighted by Gasteiger charge is 2.29. The minimum atomic E-state index is -3.55. The van der Waals surface area contributed by atoms with Crippen LogP contribution in [0.3, 0.4) is 0 Å². The predicted octanol–water partition coefficient (Wildman–Crippen LogP) is 2.40. The molecule has 1 aliphatic heterocycles. The number of benzene rings is 1. The van der Waals surface area contributed by atoms with Crippen LogP contribution in [0.5, 0.6) is 0 Å². The fourth-order valence-electron chi connectivity index (χ4n) is 3.62. The van der Waals surface area contributed by atoms with Crippen molar-refractivity contribution >= 4 is 27.4 Å². The number of aryl methyl sites for hydroxylation is 1. The molecule has 1 aromatic carbocycles. The van der Waals surface area contributed by atoms with E-state index in [1.54, 1.807) is 18.3 Å². The van der Waals surface area contributed by atoms with Crippen molar-refractivity contribution in [1.82, 2.24) is 14.2 Å². The molecule has 0 saturated carbocycles. The van der Waals surface area contributed by atoms with E-state index in [0.717, 1.165) is 36.2 Å². The summed E-state index contributed by atoms with van der Waals surface area (Å²) in [5, 5.41) is 6.25. The number of carbonyl (C=O) groups is 1. The van der Waals surface area contributed by atoms with Gasteiger partial charge >= 0.3 is 0 Å². The summed E-state index contributed by atoms with van der Waals surface area (Å²) in [7, 11) is -0.586. The van der Waals surface area contributed by atoms with E-state index in [4.69, 9.17) is 0 Å². The van der Waals surface area contributed by atoms with Crippen LogP contribution in [-0.2, 0) is 14.8 Å². The second kappa shape index (κ2) is 9.76. The van der Waals surface area contributed by atoms with Gasteiger partial charge in [0.05, 0.1) is 10.9 Å². The van der Waals surface area contributed by atoms with E-state index >= 15 is 0 Å². The standard InChI is InChI=1S/C22H31N5O3S/c1-16-8-10-23-21(12-16)24-14-18-9-11-27(15-18)17(2)22(28)25-19-6-5-7-20(13-19)31(29,30)26(3)4/h5-8,10,12-13,17-18H,9,11,14-15H2,1-4H3,(H,23,24)(H,25,28). The van der Waals surface area contributed by atoms with E-state index in [0.29, 0.717) is 11.6 Å². The van der Waals surface area contributed by atoms with Gasteiger partial charge < -0.3 is 10.6 Å². The van der Waals surface area contributed by atoms with Crippen molar-refractivity contribution < 1.29 is 13.2 Å². The molecule has 0 aliphatic carbocycles. The van der Waals surface area contributed by atoms with Crippen molar-refractivity contribution in [2.24, 2.45) is 5.92 Å². The van der Waals surface area contributed by atoms with Crippen LogP contribution in [0.2, 0.25) is 0 Å². The lowest BCUT2D eigenvalue weighted by Crippen LogP contribution is -2.41. The van der Waals surface area contributed by atoms with E-state index in [-0.39, 0.29) is 16.8 Å². The molecule has 0 radical (unpaired) electrons. The third kappa shape index (κ3) is 5.81. The summed E-state index contributed by atoms with van der Waals surface area (Å²) in [6.07, 6.45) is 2.80. The smallest absolute Gasteiger partial charge is 0.242 e. The van der Waals surface area contributed by atoms with E-state index in [2.05, 4.69) is 20.5 Å². The van der Waals surface area contributed by atoms with Crippen LogP contribution in [0.25, 0.3) is 0 Å². The average Bonchev–Trinajstić information content (AvgIpc) is 3.21. The van der Waals surface area contributed by atoms with E-state index in [9.17, 15) is 13.2 Å². The molecular weight excluding hydrogens is 414 g/mol. The molecule has 0 bridgehead atoms. The second-order valence-electron chi connectivity index (χ2n) is 8.23. The lowest BCUT2D eigenvalue weighted by Gasteiger charge is -2.24. The van der Waals surface area contributed by atoms with Gasteiger partial charge in [-0.05, 0) is 68.6 Å². The van der Waals surface area contributed by atoms with Crippen molar-refractivity contribution in [3.63, 3.8) is 0 Å². The number of nitrogens with zero attached hydrogens (tertiary/aromatic N) is 3. The number of sulfonamides is 1. The highest BCUT2D eigenvalue weighted by Crippen LogP contribution is 2.22. The monoisotopic (exact) mass is 445 g/mol. The summed E-state index contributed by atoms with van der Waals surface area (Å²) in [6.45, 7) is 6.40. The van der Waals surface area contributed by atoms with Crippen molar-refractivity contribution in [1.29, 1.82) is 0 Å². The first-order valence-electron chi connectivity index (χ1n) is 10.4. The molecular formula is C22H31N5O3S. The van der Waals surface area contributed by atoms with Crippen LogP contribution < -0.4 is 10.6 Å². The Labute approximate surface area is 184 Å². The molecule has 9 heteroatoms. The predicted molar refractivity (Wildman–Crippen MR) is 123 cm³/mol. The maximum atomic E-state index is 12.8. The lowest BCUT2D eigenvalue weighted by atomic mass is 10.1.